The Morgan fingerprint density at radius 3 is 2.52 bits per heavy atom. The van der Waals surface area contributed by atoms with E-state index in [2.05, 4.69) is 9.40 Å². The third-order valence-electron chi connectivity index (χ3n) is 2.60. The Kier molecular flexibility index (Phi) is 3.79. The largest absolute Gasteiger partial charge is 0.403 e. The van der Waals surface area contributed by atoms with Crippen molar-refractivity contribution >= 4 is 11.1 Å². The van der Waals surface area contributed by atoms with Crippen LogP contribution in [0.3, 0.4) is 0 Å². The monoisotopic (exact) mass is 310 g/mol. The average molecular weight is 310 g/mol. The minimum atomic E-state index is -4.49. The number of nitrogens with one attached hydrogen (secondary N) is 1. The summed E-state index contributed by atoms with van der Waals surface area (Å²) in [5.41, 5.74) is -3.12. The highest BCUT2D eigenvalue weighted by Crippen LogP contribution is 2.24. The zero-order valence-corrected chi connectivity index (χ0v) is 10.1. The fraction of sp³-hybridized carbons (Fsp3) is 0.364. The van der Waals surface area contributed by atoms with Crippen LogP contribution in [0.2, 0.25) is 0 Å². The van der Waals surface area contributed by atoms with E-state index in [1.54, 1.807) is 4.98 Å². The molecule has 0 amide bonds. The highest BCUT2D eigenvalue weighted by atomic mass is 19.4. The molecule has 0 bridgehead atoms. The van der Waals surface area contributed by atoms with E-state index in [-0.39, 0.29) is 5.56 Å². The van der Waals surface area contributed by atoms with Crippen LogP contribution in [0.1, 0.15) is 24.2 Å². The Hall–Kier alpha value is -2.26. The number of H-pyrrole nitrogens is 1. The Morgan fingerprint density at radius 1 is 1.29 bits per heavy atom. The first kappa shape index (κ1) is 15.1. The van der Waals surface area contributed by atoms with Gasteiger partial charge in [-0.05, 0) is 12.0 Å². The van der Waals surface area contributed by atoms with Crippen LogP contribution in [0.5, 0.6) is 0 Å². The van der Waals surface area contributed by atoms with Gasteiger partial charge in [0.25, 0.3) is 12.0 Å². The molecule has 0 saturated carbocycles. The quantitative estimate of drug-likeness (QED) is 0.883. The predicted octanol–water partition coefficient (Wildman–Crippen LogP) is 2.31. The first-order valence-corrected chi connectivity index (χ1v) is 5.59. The molecular weight excluding hydrogens is 303 g/mol. The van der Waals surface area contributed by atoms with Gasteiger partial charge in [-0.1, -0.05) is 0 Å². The van der Waals surface area contributed by atoms with E-state index < -0.39 is 53.6 Å². The summed E-state index contributed by atoms with van der Waals surface area (Å²) in [6.45, 7) is 0. The molecule has 0 saturated heterocycles. The lowest BCUT2D eigenvalue weighted by molar-refractivity contribution is -0.133. The van der Waals surface area contributed by atoms with Crippen molar-refractivity contribution < 1.29 is 26.4 Å². The lowest BCUT2D eigenvalue weighted by Gasteiger charge is -2.08. The SMILES string of the molecule is O=c1cc(CCC(F)(F)F)c2c(=O)[nH]c(C(F)F)nc2o1. The zero-order chi connectivity index (χ0) is 15.8. The maximum absolute atomic E-state index is 12.5. The molecule has 0 aromatic carbocycles. The van der Waals surface area contributed by atoms with Crippen LogP contribution < -0.4 is 11.2 Å². The second kappa shape index (κ2) is 5.26. The molecule has 0 aliphatic rings. The first-order chi connectivity index (χ1) is 9.67. The number of hydrogen-bond acceptors (Lipinski definition) is 4. The van der Waals surface area contributed by atoms with Gasteiger partial charge in [-0.15, -0.1) is 0 Å². The smallest absolute Gasteiger partial charge is 0.389 e. The van der Waals surface area contributed by atoms with Gasteiger partial charge in [0, 0.05) is 12.5 Å². The van der Waals surface area contributed by atoms with Crippen molar-refractivity contribution in [1.82, 2.24) is 9.97 Å². The Morgan fingerprint density at radius 2 is 1.95 bits per heavy atom. The average Bonchev–Trinajstić information content (AvgIpc) is 2.33. The number of nitrogens with zero attached hydrogens (tertiary/aromatic N) is 1. The Bertz CT molecular complexity index is 778. The van der Waals surface area contributed by atoms with Gasteiger partial charge >= 0.3 is 11.8 Å². The number of hydrogen-bond donors (Lipinski definition) is 1. The normalized spacial score (nSPS) is 12.3. The predicted molar refractivity (Wildman–Crippen MR) is 60.2 cm³/mol. The molecule has 2 rings (SSSR count). The van der Waals surface area contributed by atoms with Crippen LogP contribution in [0.25, 0.3) is 11.1 Å². The third-order valence-corrected chi connectivity index (χ3v) is 2.60. The van der Waals surface area contributed by atoms with Crippen molar-refractivity contribution in [3.05, 3.63) is 38.2 Å². The molecule has 0 fully saturated rings. The van der Waals surface area contributed by atoms with Crippen molar-refractivity contribution in [1.29, 1.82) is 0 Å². The van der Waals surface area contributed by atoms with Crippen LogP contribution in [0, 0.1) is 0 Å². The van der Waals surface area contributed by atoms with Gasteiger partial charge in [-0.3, -0.25) is 4.79 Å². The van der Waals surface area contributed by atoms with Crippen molar-refractivity contribution in [2.45, 2.75) is 25.4 Å². The molecular formula is C11H7F5N2O3. The van der Waals surface area contributed by atoms with E-state index in [1.807, 2.05) is 0 Å². The van der Waals surface area contributed by atoms with Crippen LogP contribution in [-0.4, -0.2) is 16.1 Å². The fourth-order valence-electron chi connectivity index (χ4n) is 1.74. The maximum Gasteiger partial charge on any atom is 0.389 e. The van der Waals surface area contributed by atoms with Crippen LogP contribution in [0.15, 0.2) is 20.1 Å². The van der Waals surface area contributed by atoms with E-state index in [1.165, 1.54) is 0 Å². The summed E-state index contributed by atoms with van der Waals surface area (Å²) in [5.74, 6) is -1.02. The fourth-order valence-corrected chi connectivity index (χ4v) is 1.74. The molecule has 114 valence electrons. The Balaban J connectivity index is 2.61. The van der Waals surface area contributed by atoms with E-state index >= 15 is 0 Å². The molecule has 1 N–H and O–H groups in total. The minimum Gasteiger partial charge on any atom is -0.403 e. The number of aromatic amines is 1. The number of aromatic nitrogens is 2. The molecule has 10 heteroatoms. The van der Waals surface area contributed by atoms with Crippen molar-refractivity contribution in [3.63, 3.8) is 0 Å². The number of halogens is 5. The molecule has 2 aromatic rings. The first-order valence-electron chi connectivity index (χ1n) is 5.59. The Labute approximate surface area is 112 Å². The summed E-state index contributed by atoms with van der Waals surface area (Å²) in [5, 5.41) is -0.441. The van der Waals surface area contributed by atoms with Crippen LogP contribution in [0.4, 0.5) is 22.0 Å². The summed E-state index contributed by atoms with van der Waals surface area (Å²) < 4.78 is 66.1. The van der Waals surface area contributed by atoms with E-state index in [9.17, 15) is 31.5 Å². The molecule has 2 heterocycles. The molecule has 2 aromatic heterocycles. The minimum absolute atomic E-state index is 0.256. The van der Waals surface area contributed by atoms with Gasteiger partial charge < -0.3 is 9.40 Å². The molecule has 0 aliphatic carbocycles. The van der Waals surface area contributed by atoms with Crippen molar-refractivity contribution in [3.8, 4) is 0 Å². The highest BCUT2D eigenvalue weighted by molar-refractivity contribution is 5.75. The molecule has 5 nitrogen and oxygen atoms in total. The topological polar surface area (TPSA) is 76.0 Å². The number of aryl methyl sites for hydroxylation is 1. The summed E-state index contributed by atoms with van der Waals surface area (Å²) in [4.78, 5) is 27.9. The maximum atomic E-state index is 12.5. The van der Waals surface area contributed by atoms with Crippen molar-refractivity contribution in [2.24, 2.45) is 0 Å². The van der Waals surface area contributed by atoms with E-state index in [0.717, 1.165) is 0 Å². The second-order valence-electron chi connectivity index (χ2n) is 4.14. The second-order valence-corrected chi connectivity index (χ2v) is 4.14. The molecule has 0 spiro atoms. The third kappa shape index (κ3) is 3.44. The van der Waals surface area contributed by atoms with Gasteiger partial charge in [0.05, 0.1) is 0 Å². The van der Waals surface area contributed by atoms with Gasteiger partial charge in [0.2, 0.25) is 5.71 Å². The molecule has 21 heavy (non-hydrogen) atoms. The van der Waals surface area contributed by atoms with Gasteiger partial charge in [0.1, 0.15) is 5.39 Å². The van der Waals surface area contributed by atoms with Gasteiger partial charge in [-0.2, -0.15) is 18.2 Å². The number of rotatable bonds is 3. The summed E-state index contributed by atoms with van der Waals surface area (Å²) in [7, 11) is 0. The standard InChI is InChI=1S/C11H7F5N2O3/c12-7(13)8-17-9(20)6-4(1-2-11(14,15)16)3-5(19)21-10(6)18-8/h3,7H,1-2H2,(H,17,18,20). The molecule has 0 radical (unpaired) electrons. The van der Waals surface area contributed by atoms with Gasteiger partial charge in [-0.25, -0.2) is 13.6 Å². The molecule has 0 atom stereocenters. The summed E-state index contributed by atoms with van der Waals surface area (Å²) in [6, 6.07) is 0.715. The number of alkyl halides is 5. The number of fused-ring (bicyclic) bond motifs is 1. The molecule has 0 aliphatic heterocycles. The lowest BCUT2D eigenvalue weighted by atomic mass is 10.1. The van der Waals surface area contributed by atoms with Crippen LogP contribution in [-0.2, 0) is 6.42 Å². The van der Waals surface area contributed by atoms with E-state index in [0.29, 0.717) is 6.07 Å². The lowest BCUT2D eigenvalue weighted by Crippen LogP contribution is -2.17. The molecule has 0 unspecified atom stereocenters. The van der Waals surface area contributed by atoms with Gasteiger partial charge in [0.15, 0.2) is 5.82 Å². The van der Waals surface area contributed by atoms with Crippen LogP contribution >= 0.6 is 0 Å². The zero-order valence-electron chi connectivity index (χ0n) is 10.1. The van der Waals surface area contributed by atoms with Crippen molar-refractivity contribution in [2.75, 3.05) is 0 Å². The van der Waals surface area contributed by atoms with E-state index in [4.69, 9.17) is 0 Å². The highest BCUT2D eigenvalue weighted by Gasteiger charge is 2.27. The summed E-state index contributed by atoms with van der Waals surface area (Å²) >= 11 is 0. The summed E-state index contributed by atoms with van der Waals surface area (Å²) in [6.07, 6.45) is -9.55.